The molecule has 0 radical (unpaired) electrons. The van der Waals surface area contributed by atoms with Crippen LogP contribution in [-0.4, -0.2) is 76.9 Å². The fourth-order valence-electron chi connectivity index (χ4n) is 6.08. The summed E-state index contributed by atoms with van der Waals surface area (Å²) in [5.74, 6) is -2.00. The third kappa shape index (κ3) is 6.91. The molecule has 2 aliphatic rings. The van der Waals surface area contributed by atoms with E-state index in [0.717, 1.165) is 43.4 Å². The number of hydrogen-bond acceptors (Lipinski definition) is 7. The molecule has 0 unspecified atom stereocenters. The standard InChI is InChI=1S/C31H36F4N6O3S/c1-17-15-41(16-18(2)39(17)3)25-12-23(32)20(29-37-14-26(45-29)30(44)40(4)19-8-6-5-7-9-19)10-24(25)38-28(43)21-13-36-27(42)11-22(21)31(33,34)35/h10-14,17-19H,5-9,15-16H2,1-4H3,(H,36,42)(H,38,43)/t17-,18+. The number of thiazole rings is 1. The van der Waals surface area contributed by atoms with Crippen LogP contribution in [0.2, 0.25) is 0 Å². The molecule has 2 atom stereocenters. The van der Waals surface area contributed by atoms with Crippen molar-refractivity contribution in [2.75, 3.05) is 37.4 Å². The van der Waals surface area contributed by atoms with E-state index in [1.165, 1.54) is 18.3 Å². The first-order valence-electron chi connectivity index (χ1n) is 14.9. The molecule has 1 aromatic carbocycles. The van der Waals surface area contributed by atoms with Crippen LogP contribution in [-0.2, 0) is 6.18 Å². The van der Waals surface area contributed by atoms with Gasteiger partial charge in [0.25, 0.3) is 11.8 Å². The summed E-state index contributed by atoms with van der Waals surface area (Å²) < 4.78 is 57.2. The van der Waals surface area contributed by atoms with Gasteiger partial charge in [-0.3, -0.25) is 19.3 Å². The summed E-state index contributed by atoms with van der Waals surface area (Å²) in [6.07, 6.45) is 2.23. The Morgan fingerprint density at radius 2 is 1.76 bits per heavy atom. The van der Waals surface area contributed by atoms with Crippen molar-refractivity contribution in [1.29, 1.82) is 0 Å². The van der Waals surface area contributed by atoms with Crippen LogP contribution in [0, 0.1) is 5.82 Å². The van der Waals surface area contributed by atoms with E-state index in [0.29, 0.717) is 35.9 Å². The zero-order chi connectivity index (χ0) is 32.6. The minimum atomic E-state index is -4.96. The number of aromatic amines is 1. The largest absolute Gasteiger partial charge is 0.417 e. The van der Waals surface area contributed by atoms with Gasteiger partial charge >= 0.3 is 6.18 Å². The SMILES string of the molecule is C[C@@H]1CN(c2cc(F)c(-c3ncc(C(=O)N(C)C4CCCCC4)s3)cc2NC(=O)c2c[nH]c(=O)cc2C(F)(F)F)C[C@H](C)N1C. The van der Waals surface area contributed by atoms with Gasteiger partial charge in [0.2, 0.25) is 5.56 Å². The fourth-order valence-corrected chi connectivity index (χ4v) is 7.00. The van der Waals surface area contributed by atoms with E-state index < -0.39 is 34.6 Å². The van der Waals surface area contributed by atoms with Gasteiger partial charge in [0, 0.05) is 62.2 Å². The van der Waals surface area contributed by atoms with Crippen molar-refractivity contribution in [2.24, 2.45) is 0 Å². The summed E-state index contributed by atoms with van der Waals surface area (Å²) in [5, 5.41) is 2.73. The predicted molar refractivity (Wildman–Crippen MR) is 165 cm³/mol. The maximum Gasteiger partial charge on any atom is 0.417 e. The molecular weight excluding hydrogens is 612 g/mol. The average Bonchev–Trinajstić information content (AvgIpc) is 3.49. The lowest BCUT2D eigenvalue weighted by Gasteiger charge is -2.44. The number of halogens is 4. The Balaban J connectivity index is 1.53. The van der Waals surface area contributed by atoms with Crippen molar-refractivity contribution in [1.82, 2.24) is 19.8 Å². The van der Waals surface area contributed by atoms with Crippen LogP contribution in [0.15, 0.2) is 35.4 Å². The van der Waals surface area contributed by atoms with Crippen molar-refractivity contribution < 1.29 is 27.2 Å². The molecule has 2 amide bonds. The van der Waals surface area contributed by atoms with Crippen LogP contribution in [0.5, 0.6) is 0 Å². The lowest BCUT2D eigenvalue weighted by atomic mass is 9.94. The number of amides is 2. The molecule has 2 aromatic heterocycles. The molecule has 1 saturated heterocycles. The second kappa shape index (κ2) is 12.9. The van der Waals surface area contributed by atoms with Gasteiger partial charge in [-0.25, -0.2) is 9.37 Å². The van der Waals surface area contributed by atoms with Crippen molar-refractivity contribution in [3.63, 3.8) is 0 Å². The number of benzene rings is 1. The Morgan fingerprint density at radius 1 is 1.09 bits per heavy atom. The molecule has 5 rings (SSSR count). The molecule has 3 heterocycles. The molecule has 1 aliphatic carbocycles. The zero-order valence-corrected chi connectivity index (χ0v) is 26.3. The molecule has 45 heavy (non-hydrogen) atoms. The summed E-state index contributed by atoms with van der Waals surface area (Å²) in [7, 11) is 3.73. The van der Waals surface area contributed by atoms with Gasteiger partial charge in [-0.05, 0) is 39.8 Å². The van der Waals surface area contributed by atoms with E-state index in [1.807, 2.05) is 25.8 Å². The lowest BCUT2D eigenvalue weighted by Crippen LogP contribution is -2.55. The van der Waals surface area contributed by atoms with Crippen molar-refractivity contribution >= 4 is 34.5 Å². The normalized spacial score (nSPS) is 19.9. The van der Waals surface area contributed by atoms with E-state index in [-0.39, 0.29) is 40.3 Å². The monoisotopic (exact) mass is 648 g/mol. The predicted octanol–water partition coefficient (Wildman–Crippen LogP) is 5.84. The number of pyridine rings is 1. The number of carbonyl (C=O) groups is 2. The van der Waals surface area contributed by atoms with Crippen LogP contribution in [0.4, 0.5) is 28.9 Å². The molecule has 2 N–H and O–H groups in total. The number of H-pyrrole nitrogens is 1. The number of carbonyl (C=O) groups excluding carboxylic acids is 2. The first-order valence-corrected chi connectivity index (χ1v) is 15.7. The zero-order valence-electron chi connectivity index (χ0n) is 25.5. The molecule has 3 aromatic rings. The van der Waals surface area contributed by atoms with E-state index in [2.05, 4.69) is 20.2 Å². The topological polar surface area (TPSA) is 102 Å². The fraction of sp³-hybridized carbons (Fsp3) is 0.484. The van der Waals surface area contributed by atoms with Crippen LogP contribution < -0.4 is 15.8 Å². The van der Waals surface area contributed by atoms with Crippen molar-refractivity contribution in [3.8, 4) is 10.6 Å². The Morgan fingerprint density at radius 3 is 2.40 bits per heavy atom. The van der Waals surface area contributed by atoms with Crippen LogP contribution in [0.3, 0.4) is 0 Å². The summed E-state index contributed by atoms with van der Waals surface area (Å²) in [6, 6.07) is 3.15. The Kier molecular flexibility index (Phi) is 9.36. The summed E-state index contributed by atoms with van der Waals surface area (Å²) in [6.45, 7) is 4.94. The first kappa shape index (κ1) is 32.6. The van der Waals surface area contributed by atoms with E-state index in [1.54, 1.807) is 11.9 Å². The highest BCUT2D eigenvalue weighted by atomic mass is 32.1. The number of aromatic nitrogens is 2. The molecule has 9 nitrogen and oxygen atoms in total. The average molecular weight is 649 g/mol. The Bertz CT molecular complexity index is 1620. The molecule has 0 bridgehead atoms. The third-order valence-electron chi connectivity index (χ3n) is 8.90. The second-order valence-corrected chi connectivity index (χ2v) is 13.0. The van der Waals surface area contributed by atoms with Gasteiger partial charge < -0.3 is 20.1 Å². The van der Waals surface area contributed by atoms with Crippen molar-refractivity contribution in [3.05, 3.63) is 62.8 Å². The Hall–Kier alpha value is -3.78. The lowest BCUT2D eigenvalue weighted by molar-refractivity contribution is -0.138. The molecule has 2 fully saturated rings. The van der Waals surface area contributed by atoms with Gasteiger partial charge in [-0.15, -0.1) is 11.3 Å². The highest BCUT2D eigenvalue weighted by molar-refractivity contribution is 7.16. The number of rotatable bonds is 6. The maximum absolute atomic E-state index is 15.9. The number of likely N-dealkylation sites (N-methyl/N-ethyl adjacent to an activating group) is 1. The summed E-state index contributed by atoms with van der Waals surface area (Å²) in [5.41, 5.74) is -2.83. The highest BCUT2D eigenvalue weighted by Crippen LogP contribution is 2.38. The van der Waals surface area contributed by atoms with Crippen LogP contribution in [0.25, 0.3) is 10.6 Å². The van der Waals surface area contributed by atoms with Gasteiger partial charge in [-0.1, -0.05) is 19.3 Å². The van der Waals surface area contributed by atoms with E-state index in [4.69, 9.17) is 0 Å². The van der Waals surface area contributed by atoms with Crippen molar-refractivity contribution in [2.45, 2.75) is 70.3 Å². The maximum atomic E-state index is 15.9. The molecule has 1 aliphatic heterocycles. The molecular formula is C31H36F4N6O3S. The number of nitrogens with zero attached hydrogens (tertiary/aromatic N) is 4. The number of anilines is 2. The smallest absolute Gasteiger partial charge is 0.367 e. The van der Waals surface area contributed by atoms with E-state index in [9.17, 15) is 27.6 Å². The molecule has 1 saturated carbocycles. The summed E-state index contributed by atoms with van der Waals surface area (Å²) in [4.78, 5) is 50.8. The first-order chi connectivity index (χ1) is 21.2. The quantitative estimate of drug-likeness (QED) is 0.326. The molecule has 14 heteroatoms. The number of nitrogens with one attached hydrogen (secondary N) is 2. The van der Waals surface area contributed by atoms with Crippen LogP contribution in [0.1, 0.15) is 71.5 Å². The van der Waals surface area contributed by atoms with Gasteiger partial charge in [0.1, 0.15) is 15.7 Å². The van der Waals surface area contributed by atoms with Gasteiger partial charge in [0.15, 0.2) is 0 Å². The minimum absolute atomic E-state index is 0.00819. The Labute approximate surface area is 262 Å². The molecule has 0 spiro atoms. The number of alkyl halides is 3. The minimum Gasteiger partial charge on any atom is -0.367 e. The number of hydrogen-bond donors (Lipinski definition) is 2. The third-order valence-corrected chi connectivity index (χ3v) is 9.92. The highest BCUT2D eigenvalue weighted by Gasteiger charge is 2.36. The summed E-state index contributed by atoms with van der Waals surface area (Å²) >= 11 is 1.01. The second-order valence-electron chi connectivity index (χ2n) is 11.9. The van der Waals surface area contributed by atoms with E-state index >= 15 is 4.39 Å². The van der Waals surface area contributed by atoms with Gasteiger partial charge in [-0.2, -0.15) is 13.2 Å². The van der Waals surface area contributed by atoms with Crippen LogP contribution >= 0.6 is 11.3 Å². The number of piperazine rings is 1. The molecule has 242 valence electrons. The van der Waals surface area contributed by atoms with Gasteiger partial charge in [0.05, 0.1) is 28.7 Å².